The van der Waals surface area contributed by atoms with E-state index in [1.165, 1.54) is 19.8 Å². The second kappa shape index (κ2) is 11.6. The summed E-state index contributed by atoms with van der Waals surface area (Å²) in [6.07, 6.45) is -0.921. The lowest BCUT2D eigenvalue weighted by Gasteiger charge is -2.36. The number of rotatable bonds is 3. The minimum Gasteiger partial charge on any atom is -0.390 e. The summed E-state index contributed by atoms with van der Waals surface area (Å²) in [6, 6.07) is -0.740. The number of aliphatic hydroxyl groups excluding tert-OH is 1. The first-order valence-corrected chi connectivity index (χ1v) is 19.0. The molecule has 3 aliphatic rings. The summed E-state index contributed by atoms with van der Waals surface area (Å²) >= 11 is 5.31. The Hall–Kier alpha value is -2.55. The first-order chi connectivity index (χ1) is 21.8. The molecule has 248 valence electrons. The lowest BCUT2D eigenvalue weighted by Crippen LogP contribution is -2.46. The third-order valence-corrected chi connectivity index (χ3v) is 13.8. The topological polar surface area (TPSA) is 275 Å². The number of hydrogen-bond donors (Lipinski definition) is 6. The summed E-state index contributed by atoms with van der Waals surface area (Å²) < 4.78 is 62.5. The van der Waals surface area contributed by atoms with Gasteiger partial charge in [-0.1, -0.05) is 12.2 Å². The van der Waals surface area contributed by atoms with Gasteiger partial charge in [-0.3, -0.25) is 23.4 Å². The summed E-state index contributed by atoms with van der Waals surface area (Å²) in [4.78, 5) is 42.8. The number of imidazole rings is 1. The van der Waals surface area contributed by atoms with Crippen molar-refractivity contribution >= 4 is 72.1 Å². The van der Waals surface area contributed by atoms with Gasteiger partial charge >= 0.3 is 7.82 Å². The van der Waals surface area contributed by atoms with Crippen molar-refractivity contribution in [1.82, 2.24) is 33.9 Å². The largest absolute Gasteiger partial charge is 0.472 e. The molecule has 3 fully saturated rings. The number of aromatic amines is 1. The van der Waals surface area contributed by atoms with Crippen molar-refractivity contribution in [2.45, 2.75) is 48.5 Å². The Morgan fingerprint density at radius 2 is 2.02 bits per heavy atom. The quantitative estimate of drug-likeness (QED) is 0.128. The number of aliphatic hydroxyl groups is 1. The molecule has 23 heteroatoms. The Kier molecular flexibility index (Phi) is 8.04. The molecule has 7 N–H and O–H groups in total. The number of phosphoric ester groups is 1. The van der Waals surface area contributed by atoms with Gasteiger partial charge < -0.3 is 40.0 Å². The molecule has 0 radical (unpaired) electrons. The molecule has 2 unspecified atom stereocenters. The number of nitrogens with zero attached hydrogens (tertiary/aromatic N) is 6. The van der Waals surface area contributed by atoms with Gasteiger partial charge in [-0.25, -0.2) is 24.5 Å². The lowest BCUT2D eigenvalue weighted by atomic mass is 9.92. The predicted molar refractivity (Wildman–Crippen MR) is 165 cm³/mol. The molecule has 2 saturated heterocycles. The SMILES string of the molecule is COC12CCO[P@](=O)(S)[C@@H]3[C@@H](COP(=O)(O)O[C@H]1[C@H](c1snc4c(=O)[nH]c(N)nc14)OC2)C[C@@H](n1cnc2c(N)ncnc21)[C@@H]3O. The van der Waals surface area contributed by atoms with Crippen molar-refractivity contribution in [3.05, 3.63) is 27.9 Å². The Bertz CT molecular complexity index is 1980. The van der Waals surface area contributed by atoms with Crippen LogP contribution in [0.5, 0.6) is 0 Å². The normalized spacial score (nSPS) is 37.1. The number of nitrogens with two attached hydrogens (primary N) is 2. The van der Waals surface area contributed by atoms with E-state index in [-0.39, 0.29) is 48.9 Å². The number of methoxy groups -OCH3 is 1. The molecule has 9 atom stereocenters. The van der Waals surface area contributed by atoms with Gasteiger partial charge in [-0.05, 0) is 18.0 Å². The molecule has 7 rings (SSSR count). The van der Waals surface area contributed by atoms with Crippen LogP contribution in [0.3, 0.4) is 0 Å². The molecule has 0 bridgehead atoms. The van der Waals surface area contributed by atoms with Crippen LogP contribution in [0, 0.1) is 5.92 Å². The molecule has 2 aliphatic heterocycles. The van der Waals surface area contributed by atoms with Crippen molar-refractivity contribution in [3.63, 3.8) is 0 Å². The van der Waals surface area contributed by atoms with Crippen molar-refractivity contribution in [3.8, 4) is 0 Å². The number of hydrogen-bond acceptors (Lipinski definition) is 17. The van der Waals surface area contributed by atoms with Crippen molar-refractivity contribution in [2.24, 2.45) is 5.92 Å². The van der Waals surface area contributed by atoms with Gasteiger partial charge in [0.25, 0.3) is 12.1 Å². The van der Waals surface area contributed by atoms with Crippen molar-refractivity contribution < 1.29 is 42.2 Å². The smallest absolute Gasteiger partial charge is 0.390 e. The third kappa shape index (κ3) is 5.27. The Morgan fingerprint density at radius 1 is 1.22 bits per heavy atom. The second-order valence-corrected chi connectivity index (χ2v) is 17.1. The molecule has 19 nitrogen and oxygen atoms in total. The minimum atomic E-state index is -4.90. The fourth-order valence-corrected chi connectivity index (χ4v) is 11.5. The van der Waals surface area contributed by atoms with Crippen LogP contribution in [-0.2, 0) is 32.2 Å². The zero-order valence-corrected chi connectivity index (χ0v) is 27.4. The zero-order chi connectivity index (χ0) is 32.6. The average molecular weight is 718 g/mol. The van der Waals surface area contributed by atoms with Crippen LogP contribution in [0.25, 0.3) is 22.2 Å². The molecular weight excluding hydrogens is 688 g/mol. The fraction of sp³-hybridized carbons (Fsp3) is 0.565. The van der Waals surface area contributed by atoms with E-state index in [1.807, 2.05) is 0 Å². The summed E-state index contributed by atoms with van der Waals surface area (Å²) in [5.41, 5.74) is 9.40. The first kappa shape index (κ1) is 32.0. The predicted octanol–water partition coefficient (Wildman–Crippen LogP) is 1.18. The van der Waals surface area contributed by atoms with Crippen molar-refractivity contribution in [2.75, 3.05) is 38.4 Å². The number of H-pyrrole nitrogens is 1. The maximum atomic E-state index is 14.1. The van der Waals surface area contributed by atoms with E-state index in [1.54, 1.807) is 4.57 Å². The maximum absolute atomic E-state index is 14.1. The molecule has 4 aromatic rings. The number of nitrogen functional groups attached to an aromatic ring is 2. The highest BCUT2D eigenvalue weighted by Gasteiger charge is 2.58. The van der Waals surface area contributed by atoms with Crippen LogP contribution in [0.2, 0.25) is 0 Å². The molecule has 0 aromatic carbocycles. The molecule has 6 heterocycles. The van der Waals surface area contributed by atoms with Crippen LogP contribution < -0.4 is 17.0 Å². The Morgan fingerprint density at radius 3 is 2.80 bits per heavy atom. The molecule has 0 amide bonds. The summed E-state index contributed by atoms with van der Waals surface area (Å²) in [5.74, 6) is -0.796. The summed E-state index contributed by atoms with van der Waals surface area (Å²) in [5, 5.41) is 11.5. The molecule has 4 aromatic heterocycles. The van der Waals surface area contributed by atoms with E-state index in [9.17, 15) is 23.9 Å². The molecule has 46 heavy (non-hydrogen) atoms. The molecule has 1 aliphatic carbocycles. The average Bonchev–Trinajstić information content (AvgIpc) is 3.76. The fourth-order valence-electron chi connectivity index (χ4n) is 6.51. The maximum Gasteiger partial charge on any atom is 0.472 e. The van der Waals surface area contributed by atoms with Gasteiger partial charge in [0.1, 0.15) is 35.2 Å². The number of phosphoric acid groups is 1. The summed E-state index contributed by atoms with van der Waals surface area (Å²) in [7, 11) is -3.54. The van der Waals surface area contributed by atoms with E-state index < -0.39 is 68.1 Å². The highest BCUT2D eigenvalue weighted by molar-refractivity contribution is 8.46. The van der Waals surface area contributed by atoms with E-state index in [0.717, 1.165) is 11.5 Å². The highest BCUT2D eigenvalue weighted by Crippen LogP contribution is 2.66. The van der Waals surface area contributed by atoms with Gasteiger partial charge in [0, 0.05) is 19.4 Å². The number of fused-ring (bicyclic) bond motifs is 4. The van der Waals surface area contributed by atoms with Gasteiger partial charge in [-0.15, -0.1) is 0 Å². The number of nitrogens with one attached hydrogen (secondary N) is 1. The Labute approximate surface area is 268 Å². The van der Waals surface area contributed by atoms with Crippen LogP contribution >= 0.6 is 38.2 Å². The van der Waals surface area contributed by atoms with Crippen LogP contribution in [-0.4, -0.2) is 94.3 Å². The summed E-state index contributed by atoms with van der Waals surface area (Å²) in [6.45, 7) is -4.77. The number of aromatic nitrogens is 7. The van der Waals surface area contributed by atoms with Crippen molar-refractivity contribution in [1.29, 1.82) is 0 Å². The van der Waals surface area contributed by atoms with E-state index in [4.69, 9.17) is 34.5 Å². The van der Waals surface area contributed by atoms with Gasteiger partial charge in [0.2, 0.25) is 5.95 Å². The second-order valence-electron chi connectivity index (χ2n) is 11.3. The lowest BCUT2D eigenvalue weighted by molar-refractivity contribution is -0.0896. The zero-order valence-electron chi connectivity index (χ0n) is 23.9. The number of anilines is 2. The standard InChI is InChI=1S/C23H29N9O10P2S2/c1-38-23-2-3-40-43(35,45)16-9(4-10(14(16)33)32-8-28-13-19(24)26-7-27-20(13)32)5-41-44(36,37)42-18(23)15(39-6-23)17-11-12(31-46-17)21(34)30-22(25)29-11/h7-10,14-16,18,33H,2-6H2,1H3,(H,35,45)(H,36,37)(H2,24,26,27)(H3,25,29,30,34)/t9-,10-,14+,15+,16-,18+,23?,43+/m1/s1. The molecule has 0 spiro atoms. The minimum absolute atomic E-state index is 0.00357. The van der Waals surface area contributed by atoms with Crippen LogP contribution in [0.4, 0.5) is 11.8 Å². The number of ether oxygens (including phenoxy) is 2. The number of thiol groups is 1. The Balaban J connectivity index is 1.23. The third-order valence-electron chi connectivity index (χ3n) is 8.74. The van der Waals surface area contributed by atoms with E-state index >= 15 is 0 Å². The van der Waals surface area contributed by atoms with E-state index in [2.05, 4.69) is 41.5 Å². The monoisotopic (exact) mass is 717 g/mol. The van der Waals surface area contributed by atoms with Crippen LogP contribution in [0.15, 0.2) is 17.4 Å². The van der Waals surface area contributed by atoms with Crippen LogP contribution in [0.1, 0.15) is 29.9 Å². The van der Waals surface area contributed by atoms with E-state index in [0.29, 0.717) is 16.0 Å². The van der Waals surface area contributed by atoms with Gasteiger partial charge in [-0.2, -0.15) is 4.37 Å². The first-order valence-electron chi connectivity index (χ1n) is 13.9. The molecule has 1 saturated carbocycles. The van der Waals surface area contributed by atoms with Gasteiger partial charge in [0.05, 0.1) is 48.8 Å². The highest BCUT2D eigenvalue weighted by atomic mass is 32.7. The molecular formula is C23H29N9O10P2S2. The van der Waals surface area contributed by atoms with Gasteiger partial charge in [0.15, 0.2) is 17.0 Å².